The predicted molar refractivity (Wildman–Crippen MR) is 141 cm³/mol. The van der Waals surface area contributed by atoms with Crippen LogP contribution >= 0.6 is 34.3 Å². The van der Waals surface area contributed by atoms with Crippen molar-refractivity contribution in [1.82, 2.24) is 14.2 Å². The summed E-state index contributed by atoms with van der Waals surface area (Å²) in [6.45, 7) is 3.92. The van der Waals surface area contributed by atoms with Gasteiger partial charge in [0.1, 0.15) is 4.21 Å². The molecular weight excluding hydrogens is 512 g/mol. The highest BCUT2D eigenvalue weighted by atomic mass is 35.5. The Bertz CT molecular complexity index is 1260. The monoisotopic (exact) mass is 540 g/mol. The third kappa shape index (κ3) is 5.32. The third-order valence-electron chi connectivity index (χ3n) is 6.04. The van der Waals surface area contributed by atoms with E-state index in [0.29, 0.717) is 40.3 Å². The minimum Gasteiger partial charge on any atom is -0.309 e. The number of carbonyl (C=O) groups is 1. The second-order valence-electron chi connectivity index (χ2n) is 8.80. The topological polar surface area (TPSA) is 73.8 Å². The molecule has 1 saturated heterocycles. The summed E-state index contributed by atoms with van der Waals surface area (Å²) >= 11 is 8.98. The lowest BCUT2D eigenvalue weighted by molar-refractivity contribution is -0.123. The number of aromatic nitrogens is 1. The standard InChI is InChI=1S/C23H29ClN4O3S3/c1-16-18(24)9-10-19-21(16)25-23(33-19)28(13-6-11-26(2)3)22(29)17-7-4-12-27(15-17)34(30,31)20-8-5-14-32-20/h5,8-10,14,17H,4,6-7,11-13,15H2,1-3H3. The average Bonchev–Trinajstić information content (AvgIpc) is 3.50. The molecule has 0 N–H and O–H groups in total. The molecule has 0 bridgehead atoms. The van der Waals surface area contributed by atoms with Crippen LogP contribution in [0.15, 0.2) is 33.9 Å². The molecule has 4 rings (SSSR count). The quantitative estimate of drug-likeness (QED) is 0.414. The molecule has 3 heterocycles. The lowest BCUT2D eigenvalue weighted by Crippen LogP contribution is -2.47. The van der Waals surface area contributed by atoms with Gasteiger partial charge in [0.25, 0.3) is 10.0 Å². The molecule has 1 atom stereocenters. The fourth-order valence-corrected chi connectivity index (χ4v) is 8.05. The van der Waals surface area contributed by atoms with Gasteiger partial charge in [-0.3, -0.25) is 9.69 Å². The van der Waals surface area contributed by atoms with Gasteiger partial charge in [0.05, 0.1) is 16.1 Å². The fraction of sp³-hybridized carbons (Fsp3) is 0.478. The molecule has 7 nitrogen and oxygen atoms in total. The number of fused-ring (bicyclic) bond motifs is 1. The van der Waals surface area contributed by atoms with E-state index in [4.69, 9.17) is 16.6 Å². The van der Waals surface area contributed by atoms with E-state index >= 15 is 0 Å². The first-order valence-electron chi connectivity index (χ1n) is 11.2. The van der Waals surface area contributed by atoms with Crippen LogP contribution in [-0.4, -0.2) is 68.8 Å². The van der Waals surface area contributed by atoms with E-state index in [1.165, 1.54) is 27.0 Å². The van der Waals surface area contributed by atoms with E-state index in [1.54, 1.807) is 22.4 Å². The van der Waals surface area contributed by atoms with E-state index < -0.39 is 15.9 Å². The van der Waals surface area contributed by atoms with Gasteiger partial charge in [0.2, 0.25) is 5.91 Å². The summed E-state index contributed by atoms with van der Waals surface area (Å²) < 4.78 is 28.9. The molecule has 0 aliphatic carbocycles. The van der Waals surface area contributed by atoms with Gasteiger partial charge in [-0.2, -0.15) is 4.31 Å². The fourth-order valence-electron chi connectivity index (χ4n) is 4.17. The summed E-state index contributed by atoms with van der Waals surface area (Å²) in [7, 11) is 0.419. The first-order valence-corrected chi connectivity index (χ1v) is 14.8. The van der Waals surface area contributed by atoms with Gasteiger partial charge in [-0.15, -0.1) is 11.3 Å². The van der Waals surface area contributed by atoms with Gasteiger partial charge in [-0.1, -0.05) is 29.0 Å². The van der Waals surface area contributed by atoms with Crippen molar-refractivity contribution >= 4 is 65.6 Å². The Balaban J connectivity index is 1.61. The van der Waals surface area contributed by atoms with Crippen LogP contribution in [0.1, 0.15) is 24.8 Å². The largest absolute Gasteiger partial charge is 0.309 e. The molecule has 0 saturated carbocycles. The van der Waals surface area contributed by atoms with Crippen molar-refractivity contribution in [3.63, 3.8) is 0 Å². The number of piperidine rings is 1. The molecule has 3 aromatic rings. The molecule has 1 amide bonds. The van der Waals surface area contributed by atoms with Crippen LogP contribution in [0.4, 0.5) is 5.13 Å². The number of halogens is 1. The molecule has 34 heavy (non-hydrogen) atoms. The van der Waals surface area contributed by atoms with Gasteiger partial charge >= 0.3 is 0 Å². The summed E-state index contributed by atoms with van der Waals surface area (Å²) in [4.78, 5) is 22.4. The first kappa shape index (κ1) is 25.5. The molecule has 11 heteroatoms. The number of sulfonamides is 1. The number of hydrogen-bond acceptors (Lipinski definition) is 7. The minimum absolute atomic E-state index is 0.0624. The molecule has 1 aliphatic rings. The smallest absolute Gasteiger partial charge is 0.252 e. The van der Waals surface area contributed by atoms with Crippen molar-refractivity contribution in [2.45, 2.75) is 30.4 Å². The Hall–Kier alpha value is -1.56. The molecule has 0 spiro atoms. The van der Waals surface area contributed by atoms with Gasteiger partial charge in [0.15, 0.2) is 5.13 Å². The molecule has 184 valence electrons. The van der Waals surface area contributed by atoms with E-state index in [2.05, 4.69) is 4.90 Å². The second-order valence-corrected chi connectivity index (χ2v) is 13.3. The summed E-state index contributed by atoms with van der Waals surface area (Å²) in [5.74, 6) is -0.466. The highest BCUT2D eigenvalue weighted by Gasteiger charge is 2.36. The number of rotatable bonds is 8. The van der Waals surface area contributed by atoms with Crippen molar-refractivity contribution < 1.29 is 13.2 Å². The second kappa shape index (κ2) is 10.6. The van der Waals surface area contributed by atoms with Gasteiger partial charge in [-0.05, 0) is 76.0 Å². The zero-order chi connectivity index (χ0) is 24.5. The normalized spacial score (nSPS) is 17.5. The molecule has 1 unspecified atom stereocenters. The van der Waals surface area contributed by atoms with Crippen LogP contribution in [0.25, 0.3) is 10.2 Å². The van der Waals surface area contributed by atoms with Gasteiger partial charge < -0.3 is 4.90 Å². The van der Waals surface area contributed by atoms with Crippen molar-refractivity contribution in [1.29, 1.82) is 0 Å². The van der Waals surface area contributed by atoms with Crippen molar-refractivity contribution in [2.24, 2.45) is 5.92 Å². The predicted octanol–water partition coefficient (Wildman–Crippen LogP) is 4.71. The number of amides is 1. The zero-order valence-electron chi connectivity index (χ0n) is 19.5. The van der Waals surface area contributed by atoms with Gasteiger partial charge in [0, 0.05) is 24.7 Å². The number of thiophene rings is 1. The van der Waals surface area contributed by atoms with Crippen LogP contribution in [0.5, 0.6) is 0 Å². The summed E-state index contributed by atoms with van der Waals surface area (Å²) in [6, 6.07) is 7.14. The van der Waals surface area contributed by atoms with Crippen LogP contribution in [0, 0.1) is 12.8 Å². The Morgan fingerprint density at radius 3 is 2.76 bits per heavy atom. The number of hydrogen-bond donors (Lipinski definition) is 0. The Kier molecular flexibility index (Phi) is 7.95. The van der Waals surface area contributed by atoms with Crippen molar-refractivity contribution in [3.8, 4) is 0 Å². The third-order valence-corrected chi connectivity index (χ3v) is 10.7. The molecule has 2 aromatic heterocycles. The van der Waals surface area contributed by atoms with Crippen LogP contribution < -0.4 is 4.90 Å². The van der Waals surface area contributed by atoms with E-state index in [-0.39, 0.29) is 12.5 Å². The highest BCUT2D eigenvalue weighted by molar-refractivity contribution is 7.91. The summed E-state index contributed by atoms with van der Waals surface area (Å²) in [6.07, 6.45) is 2.11. The number of thiazole rings is 1. The van der Waals surface area contributed by atoms with Crippen molar-refractivity contribution in [3.05, 3.63) is 40.2 Å². The number of carbonyl (C=O) groups excluding carboxylic acids is 1. The number of anilines is 1. The maximum absolute atomic E-state index is 13.8. The minimum atomic E-state index is -3.59. The molecule has 1 aromatic carbocycles. The molecule has 1 aliphatic heterocycles. The van der Waals surface area contributed by atoms with E-state index in [1.807, 2.05) is 33.2 Å². The van der Waals surface area contributed by atoms with E-state index in [9.17, 15) is 13.2 Å². The van der Waals surface area contributed by atoms with Crippen LogP contribution in [0.3, 0.4) is 0 Å². The Labute approximate surface area is 214 Å². The highest BCUT2D eigenvalue weighted by Crippen LogP contribution is 2.35. The summed E-state index contributed by atoms with van der Waals surface area (Å²) in [5, 5.41) is 3.05. The number of aryl methyl sites for hydroxylation is 1. The lowest BCUT2D eigenvalue weighted by atomic mass is 9.98. The first-order chi connectivity index (χ1) is 16.2. The average molecular weight is 541 g/mol. The zero-order valence-corrected chi connectivity index (χ0v) is 22.7. The van der Waals surface area contributed by atoms with Crippen molar-refractivity contribution in [2.75, 3.05) is 45.2 Å². The van der Waals surface area contributed by atoms with Crippen LogP contribution in [-0.2, 0) is 14.8 Å². The number of nitrogens with zero attached hydrogens (tertiary/aromatic N) is 4. The maximum atomic E-state index is 13.8. The molecule has 1 fully saturated rings. The molecular formula is C23H29ClN4O3S3. The summed E-state index contributed by atoms with van der Waals surface area (Å²) in [5.41, 5.74) is 1.71. The molecule has 0 radical (unpaired) electrons. The van der Waals surface area contributed by atoms with Gasteiger partial charge in [-0.25, -0.2) is 13.4 Å². The van der Waals surface area contributed by atoms with E-state index in [0.717, 1.165) is 28.7 Å². The Morgan fingerprint density at radius 2 is 2.06 bits per heavy atom. The number of benzene rings is 1. The van der Waals surface area contributed by atoms with Crippen LogP contribution in [0.2, 0.25) is 5.02 Å². The maximum Gasteiger partial charge on any atom is 0.252 e. The SMILES string of the molecule is Cc1c(Cl)ccc2sc(N(CCCN(C)C)C(=O)C3CCCN(S(=O)(=O)c4cccs4)C3)nc12. The Morgan fingerprint density at radius 1 is 1.26 bits per heavy atom. The lowest BCUT2D eigenvalue weighted by Gasteiger charge is -2.33.